The maximum atomic E-state index is 11.8. The van der Waals surface area contributed by atoms with Crippen molar-refractivity contribution < 1.29 is 0 Å². The van der Waals surface area contributed by atoms with Crippen molar-refractivity contribution in [2.45, 2.75) is 33.6 Å². The van der Waals surface area contributed by atoms with Crippen molar-refractivity contribution in [2.75, 3.05) is 0 Å². The first-order valence-corrected chi connectivity index (χ1v) is 6.28. The van der Waals surface area contributed by atoms with Gasteiger partial charge in [-0.15, -0.1) is 0 Å². The molecule has 0 aliphatic carbocycles. The van der Waals surface area contributed by atoms with E-state index in [2.05, 4.69) is 16.5 Å². The number of hydrogen-bond acceptors (Lipinski definition) is 2. The molecule has 0 aromatic carbocycles. The first kappa shape index (κ1) is 14.2. The van der Waals surface area contributed by atoms with Gasteiger partial charge in [-0.1, -0.05) is 40.3 Å². The summed E-state index contributed by atoms with van der Waals surface area (Å²) in [5.41, 5.74) is 2.46. The van der Waals surface area contributed by atoms with Crippen LogP contribution in [0.1, 0.15) is 44.9 Å². The number of nitrogens with one attached hydrogen (secondary N) is 1. The van der Waals surface area contributed by atoms with Crippen LogP contribution in [-0.4, -0.2) is 9.97 Å². The van der Waals surface area contributed by atoms with Gasteiger partial charge in [0.15, 0.2) is 0 Å². The van der Waals surface area contributed by atoms with E-state index < -0.39 is 0 Å². The predicted octanol–water partition coefficient (Wildman–Crippen LogP) is 3.72. The fraction of sp³-hybridized carbons (Fsp3) is 0.333. The highest BCUT2D eigenvalue weighted by molar-refractivity contribution is 5.86. The van der Waals surface area contributed by atoms with Crippen LogP contribution in [0.2, 0.25) is 0 Å². The van der Waals surface area contributed by atoms with Gasteiger partial charge >= 0.3 is 0 Å². The standard InChI is InChI=1S/C13H14N2O.C2H6/c1-4-9-11(8(2)3)15-13(16)10-6-5-7-14-12(9)10;1-2/h4-8H,1H2,2-3H3,(H,15,16);1-2H3. The molecule has 18 heavy (non-hydrogen) atoms. The van der Waals surface area contributed by atoms with Crippen molar-refractivity contribution >= 4 is 17.0 Å². The van der Waals surface area contributed by atoms with Gasteiger partial charge in [-0.25, -0.2) is 0 Å². The molecular weight excluding hydrogens is 224 g/mol. The Hall–Kier alpha value is -1.90. The van der Waals surface area contributed by atoms with E-state index in [0.717, 1.165) is 16.8 Å². The average molecular weight is 244 g/mol. The van der Waals surface area contributed by atoms with Crippen LogP contribution in [0.3, 0.4) is 0 Å². The molecule has 96 valence electrons. The number of rotatable bonds is 2. The van der Waals surface area contributed by atoms with Crippen molar-refractivity contribution in [1.82, 2.24) is 9.97 Å². The SMILES string of the molecule is C=Cc1c(C(C)C)[nH]c(=O)c2cccnc12.CC. The third-order valence-electron chi connectivity index (χ3n) is 2.63. The Morgan fingerprint density at radius 2 is 2.06 bits per heavy atom. The first-order valence-electron chi connectivity index (χ1n) is 6.28. The normalized spacial score (nSPS) is 10.1. The molecule has 3 heteroatoms. The van der Waals surface area contributed by atoms with Crippen LogP contribution >= 0.6 is 0 Å². The van der Waals surface area contributed by atoms with Gasteiger partial charge in [-0.05, 0) is 18.1 Å². The molecule has 2 aromatic rings. The Labute approximate surface area is 108 Å². The maximum absolute atomic E-state index is 11.8. The van der Waals surface area contributed by atoms with Crippen molar-refractivity contribution in [1.29, 1.82) is 0 Å². The van der Waals surface area contributed by atoms with E-state index in [9.17, 15) is 4.79 Å². The summed E-state index contributed by atoms with van der Waals surface area (Å²) in [4.78, 5) is 19.0. The highest BCUT2D eigenvalue weighted by atomic mass is 16.1. The van der Waals surface area contributed by atoms with Crippen LogP contribution in [0.4, 0.5) is 0 Å². The summed E-state index contributed by atoms with van der Waals surface area (Å²) in [6.07, 6.45) is 3.44. The minimum Gasteiger partial charge on any atom is -0.325 e. The second-order valence-corrected chi connectivity index (χ2v) is 4.04. The molecule has 0 fully saturated rings. The lowest BCUT2D eigenvalue weighted by atomic mass is 10.0. The summed E-state index contributed by atoms with van der Waals surface area (Å²) >= 11 is 0. The average Bonchev–Trinajstić information content (AvgIpc) is 2.41. The van der Waals surface area contributed by atoms with Gasteiger partial charge in [0.25, 0.3) is 5.56 Å². The zero-order chi connectivity index (χ0) is 13.7. The van der Waals surface area contributed by atoms with Gasteiger partial charge in [-0.2, -0.15) is 0 Å². The molecule has 0 bridgehead atoms. The van der Waals surface area contributed by atoms with E-state index in [0.29, 0.717) is 5.39 Å². The minimum atomic E-state index is -0.0857. The van der Waals surface area contributed by atoms with Crippen LogP contribution in [0.5, 0.6) is 0 Å². The molecule has 0 aliphatic heterocycles. The van der Waals surface area contributed by atoms with E-state index in [4.69, 9.17) is 0 Å². The fourth-order valence-electron chi connectivity index (χ4n) is 1.85. The molecule has 0 aliphatic rings. The summed E-state index contributed by atoms with van der Waals surface area (Å²) in [5.74, 6) is 0.243. The molecule has 0 saturated heterocycles. The summed E-state index contributed by atoms with van der Waals surface area (Å²) in [6.45, 7) is 11.9. The summed E-state index contributed by atoms with van der Waals surface area (Å²) in [5, 5.41) is 0.613. The van der Waals surface area contributed by atoms with Crippen LogP contribution in [0.25, 0.3) is 17.0 Å². The number of pyridine rings is 2. The fourth-order valence-corrected chi connectivity index (χ4v) is 1.85. The largest absolute Gasteiger partial charge is 0.325 e. The van der Waals surface area contributed by atoms with Crippen LogP contribution in [0.15, 0.2) is 29.7 Å². The van der Waals surface area contributed by atoms with Crippen LogP contribution < -0.4 is 5.56 Å². The smallest absolute Gasteiger partial charge is 0.257 e. The first-order chi connectivity index (χ1) is 8.65. The topological polar surface area (TPSA) is 45.8 Å². The van der Waals surface area contributed by atoms with E-state index in [-0.39, 0.29) is 11.5 Å². The van der Waals surface area contributed by atoms with E-state index in [1.807, 2.05) is 27.7 Å². The lowest BCUT2D eigenvalue weighted by Gasteiger charge is -2.11. The molecular formula is C15H20N2O. The molecule has 0 saturated carbocycles. The van der Waals surface area contributed by atoms with E-state index in [1.54, 1.807) is 24.4 Å². The van der Waals surface area contributed by atoms with Gasteiger partial charge in [0.1, 0.15) is 0 Å². The van der Waals surface area contributed by atoms with Crippen molar-refractivity contribution in [3.63, 3.8) is 0 Å². The van der Waals surface area contributed by atoms with Gasteiger partial charge < -0.3 is 4.98 Å². The number of hydrogen-bond donors (Lipinski definition) is 1. The van der Waals surface area contributed by atoms with Crippen molar-refractivity contribution in [3.8, 4) is 0 Å². The highest BCUT2D eigenvalue weighted by Crippen LogP contribution is 2.22. The van der Waals surface area contributed by atoms with Crippen LogP contribution in [-0.2, 0) is 0 Å². The highest BCUT2D eigenvalue weighted by Gasteiger charge is 2.11. The lowest BCUT2D eigenvalue weighted by Crippen LogP contribution is -2.13. The van der Waals surface area contributed by atoms with Crippen molar-refractivity contribution in [2.24, 2.45) is 0 Å². The Bertz CT molecular complexity index is 597. The molecule has 2 aromatic heterocycles. The summed E-state index contributed by atoms with van der Waals surface area (Å²) in [6, 6.07) is 3.54. The Morgan fingerprint density at radius 3 is 2.61 bits per heavy atom. The maximum Gasteiger partial charge on any atom is 0.257 e. The van der Waals surface area contributed by atoms with E-state index >= 15 is 0 Å². The number of H-pyrrole nitrogens is 1. The molecule has 0 unspecified atom stereocenters. The van der Waals surface area contributed by atoms with Gasteiger partial charge in [0, 0.05) is 17.5 Å². The quantitative estimate of drug-likeness (QED) is 0.875. The molecule has 0 amide bonds. The molecule has 2 rings (SSSR count). The lowest BCUT2D eigenvalue weighted by molar-refractivity contribution is 0.816. The Kier molecular flexibility index (Phi) is 4.84. The second kappa shape index (κ2) is 6.15. The Balaban J connectivity index is 0.000000771. The van der Waals surface area contributed by atoms with Gasteiger partial charge in [-0.3, -0.25) is 9.78 Å². The van der Waals surface area contributed by atoms with Gasteiger partial charge in [0.05, 0.1) is 10.9 Å². The van der Waals surface area contributed by atoms with E-state index in [1.165, 1.54) is 0 Å². The Morgan fingerprint density at radius 1 is 1.39 bits per heavy atom. The molecule has 0 spiro atoms. The number of aromatic amines is 1. The summed E-state index contributed by atoms with van der Waals surface area (Å²) < 4.78 is 0. The molecule has 0 radical (unpaired) electrons. The monoisotopic (exact) mass is 244 g/mol. The predicted molar refractivity (Wildman–Crippen MR) is 77.9 cm³/mol. The zero-order valence-electron chi connectivity index (χ0n) is 11.4. The molecule has 0 atom stereocenters. The van der Waals surface area contributed by atoms with Crippen LogP contribution in [0, 0.1) is 0 Å². The second-order valence-electron chi connectivity index (χ2n) is 4.04. The third-order valence-corrected chi connectivity index (χ3v) is 2.63. The number of aromatic nitrogens is 2. The third kappa shape index (κ3) is 2.50. The number of nitrogens with zero attached hydrogens (tertiary/aromatic N) is 1. The molecule has 2 heterocycles. The number of fused-ring (bicyclic) bond motifs is 1. The molecule has 1 N–H and O–H groups in total. The van der Waals surface area contributed by atoms with Crippen molar-refractivity contribution in [3.05, 3.63) is 46.5 Å². The minimum absolute atomic E-state index is 0.0857. The molecule has 3 nitrogen and oxygen atoms in total. The summed E-state index contributed by atoms with van der Waals surface area (Å²) in [7, 11) is 0. The zero-order valence-corrected chi connectivity index (χ0v) is 11.4. The van der Waals surface area contributed by atoms with Gasteiger partial charge in [0.2, 0.25) is 0 Å².